The van der Waals surface area contributed by atoms with Crippen LogP contribution in [0.4, 0.5) is 15.9 Å². The number of amides is 1. The van der Waals surface area contributed by atoms with Gasteiger partial charge in [0.25, 0.3) is 11.5 Å². The Morgan fingerprint density at radius 1 is 1.00 bits per heavy atom. The first kappa shape index (κ1) is 29.5. The molecule has 0 saturated carbocycles. The van der Waals surface area contributed by atoms with Gasteiger partial charge < -0.3 is 9.80 Å². The van der Waals surface area contributed by atoms with Crippen LogP contribution in [0.2, 0.25) is 0 Å². The Bertz CT molecular complexity index is 1620. The van der Waals surface area contributed by atoms with E-state index in [2.05, 4.69) is 15.9 Å². The summed E-state index contributed by atoms with van der Waals surface area (Å²) in [4.78, 5) is 33.5. The Balaban J connectivity index is 1.49. The number of halogens is 1. The fourth-order valence-corrected chi connectivity index (χ4v) is 6.74. The van der Waals surface area contributed by atoms with Crippen molar-refractivity contribution >= 4 is 51.8 Å². The van der Waals surface area contributed by atoms with Crippen LogP contribution in [0.1, 0.15) is 35.6 Å². The summed E-state index contributed by atoms with van der Waals surface area (Å²) in [6.45, 7) is 7.26. The topological polar surface area (TPSA) is 72.6 Å². The quantitative estimate of drug-likeness (QED) is 0.255. The second-order valence-electron chi connectivity index (χ2n) is 10.3. The van der Waals surface area contributed by atoms with Crippen molar-refractivity contribution in [3.05, 3.63) is 97.9 Å². The maximum Gasteiger partial charge on any atom is 0.270 e. The van der Waals surface area contributed by atoms with E-state index in [1.54, 1.807) is 28.5 Å². The zero-order valence-corrected chi connectivity index (χ0v) is 25.3. The summed E-state index contributed by atoms with van der Waals surface area (Å²) < 4.78 is 15.7. The SMILES string of the molecule is CCCn1c(N2CCN(c3ccc(F)cc3)CC2)c(C=C2SC(=S)N(CCc3ccccc3)C2=O)c(C)c(C#N)c1=O. The van der Waals surface area contributed by atoms with Gasteiger partial charge in [-0.15, -0.1) is 0 Å². The van der Waals surface area contributed by atoms with Crippen LogP contribution in [0.25, 0.3) is 6.08 Å². The van der Waals surface area contributed by atoms with E-state index in [1.807, 2.05) is 43.3 Å². The van der Waals surface area contributed by atoms with Gasteiger partial charge in [0.05, 0.1) is 4.91 Å². The normalized spacial score (nSPS) is 16.4. The number of benzene rings is 2. The molecule has 5 rings (SSSR count). The number of carbonyl (C=O) groups is 1. The summed E-state index contributed by atoms with van der Waals surface area (Å²) in [7, 11) is 0. The Morgan fingerprint density at radius 3 is 2.31 bits per heavy atom. The monoisotopic (exact) mass is 601 g/mol. The van der Waals surface area contributed by atoms with Gasteiger partial charge in [0, 0.05) is 50.5 Å². The molecule has 2 saturated heterocycles. The molecule has 2 fully saturated rings. The van der Waals surface area contributed by atoms with Crippen molar-refractivity contribution in [2.45, 2.75) is 33.2 Å². The Morgan fingerprint density at radius 2 is 1.67 bits per heavy atom. The summed E-state index contributed by atoms with van der Waals surface area (Å²) in [6, 6.07) is 18.5. The number of pyridine rings is 1. The number of rotatable bonds is 8. The van der Waals surface area contributed by atoms with Crippen molar-refractivity contribution in [2.75, 3.05) is 42.5 Å². The minimum Gasteiger partial charge on any atom is -0.368 e. The maximum absolute atomic E-state index is 13.6. The molecule has 2 aliphatic heterocycles. The third-order valence-corrected chi connectivity index (χ3v) is 9.06. The van der Waals surface area contributed by atoms with Gasteiger partial charge in [0.2, 0.25) is 0 Å². The van der Waals surface area contributed by atoms with Gasteiger partial charge >= 0.3 is 0 Å². The number of thiocarbonyl (C=S) groups is 1. The van der Waals surface area contributed by atoms with Crippen molar-refractivity contribution in [2.24, 2.45) is 0 Å². The molecule has 1 aromatic heterocycles. The fraction of sp³-hybridized carbons (Fsp3) is 0.312. The lowest BCUT2D eigenvalue weighted by Crippen LogP contribution is -2.48. The number of carbonyl (C=O) groups excluding carboxylic acids is 1. The van der Waals surface area contributed by atoms with E-state index in [1.165, 1.54) is 23.9 Å². The van der Waals surface area contributed by atoms with Crippen LogP contribution in [-0.2, 0) is 17.8 Å². The zero-order chi connectivity index (χ0) is 29.8. The van der Waals surface area contributed by atoms with Gasteiger partial charge in [-0.05, 0) is 61.2 Å². The highest BCUT2D eigenvalue weighted by Gasteiger charge is 2.33. The average Bonchev–Trinajstić information content (AvgIpc) is 3.27. The Kier molecular flexibility index (Phi) is 9.09. The summed E-state index contributed by atoms with van der Waals surface area (Å²) in [5.41, 5.74) is 3.08. The Labute approximate surface area is 254 Å². The molecule has 0 radical (unpaired) electrons. The third kappa shape index (κ3) is 5.98. The molecule has 0 bridgehead atoms. The highest BCUT2D eigenvalue weighted by Crippen LogP contribution is 2.36. The minimum atomic E-state index is -0.319. The van der Waals surface area contributed by atoms with Crippen molar-refractivity contribution in [3.8, 4) is 6.07 Å². The van der Waals surface area contributed by atoms with E-state index in [-0.39, 0.29) is 22.8 Å². The van der Waals surface area contributed by atoms with E-state index in [9.17, 15) is 19.2 Å². The van der Waals surface area contributed by atoms with Crippen LogP contribution in [0.15, 0.2) is 64.3 Å². The van der Waals surface area contributed by atoms with Gasteiger partial charge in [-0.1, -0.05) is 61.2 Å². The van der Waals surface area contributed by atoms with Gasteiger partial charge in [0.15, 0.2) is 0 Å². The van der Waals surface area contributed by atoms with Crippen LogP contribution in [0, 0.1) is 24.1 Å². The second kappa shape index (κ2) is 12.9. The van der Waals surface area contributed by atoms with E-state index in [4.69, 9.17) is 12.2 Å². The molecule has 0 spiro atoms. The second-order valence-corrected chi connectivity index (χ2v) is 12.0. The first-order chi connectivity index (χ1) is 20.3. The van der Waals surface area contributed by atoms with Crippen molar-refractivity contribution in [3.63, 3.8) is 0 Å². The van der Waals surface area contributed by atoms with Gasteiger partial charge in [-0.25, -0.2) is 4.39 Å². The largest absolute Gasteiger partial charge is 0.368 e. The van der Waals surface area contributed by atoms with Crippen LogP contribution in [-0.4, -0.2) is 52.4 Å². The molecule has 0 unspecified atom stereocenters. The molecule has 2 aromatic carbocycles. The minimum absolute atomic E-state index is 0.0861. The molecule has 3 aromatic rings. The molecule has 0 aliphatic carbocycles. The number of anilines is 2. The average molecular weight is 602 g/mol. The highest BCUT2D eigenvalue weighted by molar-refractivity contribution is 8.26. The van der Waals surface area contributed by atoms with Gasteiger partial charge in [-0.3, -0.25) is 19.1 Å². The van der Waals surface area contributed by atoms with E-state index in [0.717, 1.165) is 11.3 Å². The van der Waals surface area contributed by atoms with Crippen molar-refractivity contribution in [1.29, 1.82) is 5.26 Å². The molecule has 216 valence electrons. The number of nitriles is 1. The van der Waals surface area contributed by atoms with Gasteiger partial charge in [0.1, 0.15) is 27.6 Å². The summed E-state index contributed by atoms with van der Waals surface area (Å²) >= 11 is 6.85. The number of nitrogens with zero attached hydrogens (tertiary/aromatic N) is 5. The molecular weight excluding hydrogens is 570 g/mol. The smallest absolute Gasteiger partial charge is 0.270 e. The van der Waals surface area contributed by atoms with Gasteiger partial charge in [-0.2, -0.15) is 5.26 Å². The first-order valence-corrected chi connectivity index (χ1v) is 15.3. The molecular formula is C32H32FN5O2S2. The molecule has 42 heavy (non-hydrogen) atoms. The molecule has 2 aliphatic rings. The lowest BCUT2D eigenvalue weighted by molar-refractivity contribution is -0.122. The highest BCUT2D eigenvalue weighted by atomic mass is 32.2. The molecule has 3 heterocycles. The molecule has 1 amide bonds. The predicted octanol–water partition coefficient (Wildman–Crippen LogP) is 5.35. The fourth-order valence-electron chi connectivity index (χ4n) is 5.45. The number of piperazine rings is 1. The van der Waals surface area contributed by atoms with Crippen LogP contribution >= 0.6 is 24.0 Å². The number of hydrogen-bond donors (Lipinski definition) is 0. The number of hydrogen-bond acceptors (Lipinski definition) is 7. The third-order valence-electron chi connectivity index (χ3n) is 7.68. The summed E-state index contributed by atoms with van der Waals surface area (Å²) in [6.07, 6.45) is 3.20. The molecule has 7 nitrogen and oxygen atoms in total. The van der Waals surface area contributed by atoms with Crippen LogP contribution in [0.3, 0.4) is 0 Å². The lowest BCUT2D eigenvalue weighted by Gasteiger charge is -2.39. The van der Waals surface area contributed by atoms with Crippen LogP contribution < -0.4 is 15.4 Å². The van der Waals surface area contributed by atoms with Crippen molar-refractivity contribution in [1.82, 2.24) is 9.47 Å². The zero-order valence-electron chi connectivity index (χ0n) is 23.7. The summed E-state index contributed by atoms with van der Waals surface area (Å²) in [5.74, 6) is 0.273. The summed E-state index contributed by atoms with van der Waals surface area (Å²) in [5, 5.41) is 9.94. The molecule has 10 heteroatoms. The Hall–Kier alpha value is -3.94. The van der Waals surface area contributed by atoms with E-state index < -0.39 is 0 Å². The first-order valence-electron chi connectivity index (χ1n) is 14.0. The van der Waals surface area contributed by atoms with Crippen molar-refractivity contribution < 1.29 is 9.18 Å². The van der Waals surface area contributed by atoms with E-state index >= 15 is 0 Å². The maximum atomic E-state index is 13.6. The lowest BCUT2D eigenvalue weighted by atomic mass is 10.0. The molecule has 0 atom stereocenters. The predicted molar refractivity (Wildman–Crippen MR) is 171 cm³/mol. The van der Waals surface area contributed by atoms with Crippen LogP contribution in [0.5, 0.6) is 0 Å². The number of thioether (sulfide) groups is 1. The standard InChI is InChI=1S/C32H32FN5O2S2/c1-3-14-37-29(36-18-16-35(17-19-36)25-11-9-24(33)10-12-25)26(22(2)27(21-34)30(37)39)20-28-31(40)38(32(41)42-28)15-13-23-7-5-4-6-8-23/h4-12,20H,3,13-19H2,1-2H3. The number of aromatic nitrogens is 1. The van der Waals surface area contributed by atoms with E-state index in [0.29, 0.717) is 78.3 Å². The molecule has 0 N–H and O–H groups in total.